The number of hydrogen-bond donors (Lipinski definition) is 2. The molecule has 29 heavy (non-hydrogen) atoms. The van der Waals surface area contributed by atoms with E-state index in [2.05, 4.69) is 47.9 Å². The lowest BCUT2D eigenvalue weighted by molar-refractivity contribution is -0.116. The third-order valence-electron chi connectivity index (χ3n) is 3.77. The van der Waals surface area contributed by atoms with Gasteiger partial charge in [-0.05, 0) is 65.9 Å². The van der Waals surface area contributed by atoms with Crippen molar-refractivity contribution >= 4 is 61.6 Å². The number of amides is 1. The fourth-order valence-electron chi connectivity index (χ4n) is 2.33. The molecule has 2 heterocycles. The highest BCUT2D eigenvalue weighted by atomic mass is 127. The van der Waals surface area contributed by atoms with Crippen LogP contribution < -0.4 is 10.0 Å². The van der Waals surface area contributed by atoms with Crippen LogP contribution in [0.5, 0.6) is 0 Å². The topological polar surface area (TPSA) is 119 Å². The molecule has 0 unspecified atom stereocenters. The molecule has 3 aromatic rings. The Kier molecular flexibility index (Phi) is 6.70. The van der Waals surface area contributed by atoms with Crippen LogP contribution in [0.4, 0.5) is 11.5 Å². The number of aromatic nitrogens is 4. The number of benzene rings is 1. The van der Waals surface area contributed by atoms with E-state index in [1.54, 1.807) is 4.68 Å². The number of hydrogen-bond acceptors (Lipinski definition) is 6. The molecule has 1 aromatic carbocycles. The summed E-state index contributed by atoms with van der Waals surface area (Å²) in [6.45, 7) is 2.36. The number of rotatable bonds is 7. The van der Waals surface area contributed by atoms with Gasteiger partial charge in [0.05, 0.1) is 14.2 Å². The van der Waals surface area contributed by atoms with E-state index in [4.69, 9.17) is 11.6 Å². The van der Waals surface area contributed by atoms with Crippen LogP contribution in [0.3, 0.4) is 0 Å². The van der Waals surface area contributed by atoms with Gasteiger partial charge in [-0.1, -0.05) is 11.6 Å². The summed E-state index contributed by atoms with van der Waals surface area (Å²) in [7, 11) is -3.84. The second kappa shape index (κ2) is 9.05. The molecule has 2 N–H and O–H groups in total. The van der Waals surface area contributed by atoms with Gasteiger partial charge in [-0.25, -0.2) is 8.42 Å². The second-order valence-electron chi connectivity index (χ2n) is 5.99. The first-order valence-corrected chi connectivity index (χ1v) is 11.3. The number of nitrogens with zero attached hydrogens (tertiary/aromatic N) is 4. The molecule has 1 amide bonds. The quantitative estimate of drug-likeness (QED) is 0.440. The van der Waals surface area contributed by atoms with Crippen molar-refractivity contribution in [1.82, 2.24) is 20.0 Å². The lowest BCUT2D eigenvalue weighted by atomic mass is 10.3. The number of anilines is 2. The summed E-state index contributed by atoms with van der Waals surface area (Å²) in [4.78, 5) is 12.1. The Hall–Kier alpha value is -2.25. The summed E-state index contributed by atoms with van der Waals surface area (Å²) in [5, 5.41) is 14.4. The van der Waals surface area contributed by atoms with Crippen molar-refractivity contribution in [2.75, 3.05) is 10.0 Å². The van der Waals surface area contributed by atoms with Crippen LogP contribution in [0.2, 0.25) is 5.15 Å². The molecule has 152 valence electrons. The van der Waals surface area contributed by atoms with Gasteiger partial charge in [0.25, 0.3) is 10.0 Å². The molecule has 0 fully saturated rings. The smallest absolute Gasteiger partial charge is 0.263 e. The molecule has 0 aliphatic carbocycles. The zero-order valence-electron chi connectivity index (χ0n) is 15.1. The van der Waals surface area contributed by atoms with Gasteiger partial charge in [0.15, 0.2) is 11.0 Å². The van der Waals surface area contributed by atoms with Gasteiger partial charge in [-0.15, -0.1) is 10.2 Å². The molecule has 0 radical (unpaired) electrons. The van der Waals surface area contributed by atoms with E-state index < -0.39 is 10.0 Å². The minimum absolute atomic E-state index is 0.0221. The lowest BCUT2D eigenvalue weighted by Crippen LogP contribution is -2.16. The Morgan fingerprint density at radius 2 is 1.90 bits per heavy atom. The number of carbonyl (C=O) groups excluding carboxylic acids is 1. The number of carbonyl (C=O) groups is 1. The zero-order chi connectivity index (χ0) is 21.0. The standard InChI is InChI=1S/C17H16ClIN6O3S/c1-11-14(19)10-25(23-11)9-8-17(26)20-12-2-4-13(5-3-12)29(27,28)24-16-7-6-15(18)21-22-16/h2-7,10H,8-9H2,1H3,(H,20,26)(H,22,24). The van der Waals surface area contributed by atoms with Crippen LogP contribution in [-0.4, -0.2) is 34.3 Å². The van der Waals surface area contributed by atoms with Gasteiger partial charge in [-0.3, -0.25) is 14.2 Å². The maximum atomic E-state index is 12.4. The van der Waals surface area contributed by atoms with Crippen molar-refractivity contribution in [3.05, 3.63) is 57.0 Å². The monoisotopic (exact) mass is 546 g/mol. The number of nitrogens with one attached hydrogen (secondary N) is 2. The first-order chi connectivity index (χ1) is 13.7. The third kappa shape index (κ3) is 5.87. The average Bonchev–Trinajstić information content (AvgIpc) is 3.00. The van der Waals surface area contributed by atoms with Crippen LogP contribution in [-0.2, 0) is 21.4 Å². The van der Waals surface area contributed by atoms with Crippen molar-refractivity contribution in [2.24, 2.45) is 0 Å². The lowest BCUT2D eigenvalue weighted by Gasteiger charge is -2.09. The molecule has 0 bridgehead atoms. The van der Waals surface area contributed by atoms with Crippen LogP contribution in [0.15, 0.2) is 47.5 Å². The first-order valence-electron chi connectivity index (χ1n) is 8.34. The zero-order valence-corrected chi connectivity index (χ0v) is 18.9. The largest absolute Gasteiger partial charge is 0.326 e. The van der Waals surface area contributed by atoms with E-state index in [0.29, 0.717) is 12.2 Å². The molecule has 0 saturated heterocycles. The summed E-state index contributed by atoms with van der Waals surface area (Å²) in [5.74, 6) is -0.145. The predicted octanol–water partition coefficient (Wildman–Crippen LogP) is 3.07. The number of sulfonamides is 1. The molecule has 0 saturated carbocycles. The van der Waals surface area contributed by atoms with Gasteiger partial charge < -0.3 is 5.32 Å². The fourth-order valence-corrected chi connectivity index (χ4v) is 3.86. The Bertz CT molecular complexity index is 1100. The third-order valence-corrected chi connectivity index (χ3v) is 6.41. The van der Waals surface area contributed by atoms with Crippen LogP contribution >= 0.6 is 34.2 Å². The van der Waals surface area contributed by atoms with Crippen molar-refractivity contribution in [3.63, 3.8) is 0 Å². The van der Waals surface area contributed by atoms with E-state index in [9.17, 15) is 13.2 Å². The highest BCUT2D eigenvalue weighted by Crippen LogP contribution is 2.18. The second-order valence-corrected chi connectivity index (χ2v) is 9.23. The van der Waals surface area contributed by atoms with Gasteiger partial charge in [0, 0.05) is 24.8 Å². The number of halogens is 2. The fraction of sp³-hybridized carbons (Fsp3) is 0.176. The van der Waals surface area contributed by atoms with Crippen molar-refractivity contribution in [2.45, 2.75) is 24.8 Å². The van der Waals surface area contributed by atoms with E-state index >= 15 is 0 Å². The maximum Gasteiger partial charge on any atom is 0.263 e. The predicted molar refractivity (Wildman–Crippen MR) is 117 cm³/mol. The summed E-state index contributed by atoms with van der Waals surface area (Å²) >= 11 is 7.82. The molecule has 9 nitrogen and oxygen atoms in total. The SMILES string of the molecule is Cc1nn(CCC(=O)Nc2ccc(S(=O)(=O)Nc3ccc(Cl)nn3)cc2)cc1I. The molecular formula is C17H16ClIN6O3S. The van der Waals surface area contributed by atoms with Crippen LogP contribution in [0, 0.1) is 10.5 Å². The van der Waals surface area contributed by atoms with Gasteiger partial charge in [0.2, 0.25) is 5.91 Å². The van der Waals surface area contributed by atoms with Gasteiger partial charge >= 0.3 is 0 Å². The van der Waals surface area contributed by atoms with Crippen molar-refractivity contribution in [1.29, 1.82) is 0 Å². The molecule has 12 heteroatoms. The average molecular weight is 547 g/mol. The Morgan fingerprint density at radius 1 is 1.17 bits per heavy atom. The summed E-state index contributed by atoms with van der Waals surface area (Å²) in [6, 6.07) is 8.64. The molecule has 0 aliphatic rings. The maximum absolute atomic E-state index is 12.4. The molecule has 0 atom stereocenters. The van der Waals surface area contributed by atoms with Crippen molar-refractivity contribution < 1.29 is 13.2 Å². The summed E-state index contributed by atoms with van der Waals surface area (Å²) in [5.41, 5.74) is 1.41. The summed E-state index contributed by atoms with van der Waals surface area (Å²) < 4.78 is 29.9. The first kappa shape index (κ1) is 21.5. The normalized spacial score (nSPS) is 11.3. The van der Waals surface area contributed by atoms with Gasteiger partial charge in [-0.2, -0.15) is 5.10 Å². The highest BCUT2D eigenvalue weighted by Gasteiger charge is 2.15. The van der Waals surface area contributed by atoms with Crippen LogP contribution in [0.1, 0.15) is 12.1 Å². The van der Waals surface area contributed by atoms with E-state index in [-0.39, 0.29) is 28.2 Å². The number of aryl methyl sites for hydroxylation is 2. The Labute approximate surface area is 186 Å². The highest BCUT2D eigenvalue weighted by molar-refractivity contribution is 14.1. The molecular weight excluding hydrogens is 531 g/mol. The van der Waals surface area contributed by atoms with E-state index in [0.717, 1.165) is 9.26 Å². The minimum atomic E-state index is -3.84. The minimum Gasteiger partial charge on any atom is -0.326 e. The summed E-state index contributed by atoms with van der Waals surface area (Å²) in [6.07, 6.45) is 2.12. The molecule has 0 aliphatic heterocycles. The van der Waals surface area contributed by atoms with E-state index in [1.807, 2.05) is 13.1 Å². The van der Waals surface area contributed by atoms with Crippen molar-refractivity contribution in [3.8, 4) is 0 Å². The molecule has 3 rings (SSSR count). The molecule has 0 spiro atoms. The Balaban J connectivity index is 1.58. The van der Waals surface area contributed by atoms with Crippen LogP contribution in [0.25, 0.3) is 0 Å². The Morgan fingerprint density at radius 3 is 2.48 bits per heavy atom. The van der Waals surface area contributed by atoms with Gasteiger partial charge in [0.1, 0.15) is 0 Å². The van der Waals surface area contributed by atoms with E-state index in [1.165, 1.54) is 36.4 Å². The molecule has 2 aromatic heterocycles.